The molecule has 0 aromatic heterocycles. The number of amides is 1. The molecule has 0 unspecified atom stereocenters. The molecule has 0 heterocycles. The van der Waals surface area contributed by atoms with Crippen molar-refractivity contribution >= 4 is 17.8 Å². The fourth-order valence-corrected chi connectivity index (χ4v) is 2.28. The molecule has 4 N–H and O–H groups in total. The predicted octanol–water partition coefficient (Wildman–Crippen LogP) is 3.46. The van der Waals surface area contributed by atoms with Crippen molar-refractivity contribution in [3.63, 3.8) is 0 Å². The van der Waals surface area contributed by atoms with Gasteiger partial charge in [0.05, 0.1) is 0 Å². The number of hydrogen-bond donors (Lipinski definition) is 2. The van der Waals surface area contributed by atoms with E-state index in [0.29, 0.717) is 0 Å². The van der Waals surface area contributed by atoms with Crippen LogP contribution in [0.15, 0.2) is 24.3 Å². The van der Waals surface area contributed by atoms with Crippen LogP contribution in [0.1, 0.15) is 22.3 Å². The number of benzene rings is 2. The molecule has 0 saturated carbocycles. The summed E-state index contributed by atoms with van der Waals surface area (Å²) in [5.74, 6) is 0. The minimum atomic E-state index is 0.750. The van der Waals surface area contributed by atoms with Crippen LogP contribution in [0.2, 0.25) is 0 Å². The van der Waals surface area contributed by atoms with Crippen molar-refractivity contribution in [3.8, 4) is 11.1 Å². The van der Waals surface area contributed by atoms with Crippen LogP contribution in [0.5, 0.6) is 0 Å². The summed E-state index contributed by atoms with van der Waals surface area (Å²) in [6.45, 7) is 8.18. The molecule has 0 radical (unpaired) electrons. The molecule has 0 saturated heterocycles. The molecule has 1 amide bonds. The van der Waals surface area contributed by atoms with E-state index in [1.807, 2.05) is 27.7 Å². The van der Waals surface area contributed by atoms with Gasteiger partial charge in [0.15, 0.2) is 0 Å². The van der Waals surface area contributed by atoms with Gasteiger partial charge >= 0.3 is 0 Å². The van der Waals surface area contributed by atoms with Gasteiger partial charge < -0.3 is 16.4 Å². The summed E-state index contributed by atoms with van der Waals surface area (Å²) in [7, 11) is 3.38. The molecule has 2 aromatic rings. The highest BCUT2D eigenvalue weighted by atomic mass is 16.1. The largest absolute Gasteiger partial charge is 0.398 e. The lowest BCUT2D eigenvalue weighted by Crippen LogP contribution is -2.06. The van der Waals surface area contributed by atoms with Gasteiger partial charge in [0, 0.05) is 25.5 Å². The molecular formula is C19H27N3O. The first-order chi connectivity index (χ1) is 10.7. The minimum Gasteiger partial charge on any atom is -0.398 e. The Morgan fingerprint density at radius 3 is 1.13 bits per heavy atom. The zero-order valence-electron chi connectivity index (χ0n) is 14.9. The van der Waals surface area contributed by atoms with E-state index in [4.69, 9.17) is 11.5 Å². The molecule has 0 aliphatic carbocycles. The molecule has 0 spiro atoms. The third-order valence-electron chi connectivity index (χ3n) is 3.73. The average Bonchev–Trinajstić information content (AvgIpc) is 2.49. The van der Waals surface area contributed by atoms with Gasteiger partial charge in [-0.25, -0.2) is 0 Å². The first-order valence-electron chi connectivity index (χ1n) is 7.53. The van der Waals surface area contributed by atoms with Crippen LogP contribution in [0.3, 0.4) is 0 Å². The average molecular weight is 313 g/mol. The molecular weight excluding hydrogens is 286 g/mol. The zero-order valence-corrected chi connectivity index (χ0v) is 14.9. The van der Waals surface area contributed by atoms with Crippen LogP contribution in [-0.2, 0) is 4.79 Å². The lowest BCUT2D eigenvalue weighted by Gasteiger charge is -2.12. The molecule has 4 nitrogen and oxygen atoms in total. The second-order valence-corrected chi connectivity index (χ2v) is 6.12. The quantitative estimate of drug-likeness (QED) is 0.659. The van der Waals surface area contributed by atoms with Crippen molar-refractivity contribution in [2.24, 2.45) is 0 Å². The van der Waals surface area contributed by atoms with Gasteiger partial charge in [0.1, 0.15) is 0 Å². The van der Waals surface area contributed by atoms with Gasteiger partial charge in [0.2, 0.25) is 6.41 Å². The van der Waals surface area contributed by atoms with Gasteiger partial charge in [-0.15, -0.1) is 0 Å². The maximum atomic E-state index is 9.43. The van der Waals surface area contributed by atoms with Gasteiger partial charge in [-0.3, -0.25) is 4.79 Å². The van der Waals surface area contributed by atoms with Crippen molar-refractivity contribution in [1.29, 1.82) is 0 Å². The van der Waals surface area contributed by atoms with Crippen LogP contribution in [0.25, 0.3) is 11.1 Å². The van der Waals surface area contributed by atoms with Gasteiger partial charge in [-0.1, -0.05) is 0 Å². The second kappa shape index (κ2) is 7.68. The van der Waals surface area contributed by atoms with Crippen LogP contribution in [-0.4, -0.2) is 25.4 Å². The number of nitrogens with zero attached hydrogens (tertiary/aromatic N) is 1. The highest BCUT2D eigenvalue weighted by Gasteiger charge is 2.07. The molecule has 2 rings (SSSR count). The summed E-state index contributed by atoms with van der Waals surface area (Å²) in [4.78, 5) is 10.9. The van der Waals surface area contributed by atoms with E-state index in [9.17, 15) is 4.79 Å². The molecule has 0 fully saturated rings. The molecule has 2 aromatic carbocycles. The Balaban J connectivity index is 0.000000463. The number of carbonyl (C=O) groups is 1. The van der Waals surface area contributed by atoms with E-state index < -0.39 is 0 Å². The number of carbonyl (C=O) groups excluding carboxylic acids is 1. The Kier molecular flexibility index (Phi) is 6.19. The molecule has 4 heteroatoms. The summed E-state index contributed by atoms with van der Waals surface area (Å²) >= 11 is 0. The first kappa shape index (κ1) is 18.6. The van der Waals surface area contributed by atoms with Gasteiger partial charge in [-0.05, 0) is 85.3 Å². The van der Waals surface area contributed by atoms with Gasteiger partial charge in [0.25, 0.3) is 0 Å². The Labute approximate surface area is 139 Å². The highest BCUT2D eigenvalue weighted by molar-refractivity contribution is 5.73. The Morgan fingerprint density at radius 1 is 0.739 bits per heavy atom. The van der Waals surface area contributed by atoms with E-state index in [1.54, 1.807) is 14.1 Å². The Bertz CT molecular complexity index is 604. The maximum absolute atomic E-state index is 9.43. The monoisotopic (exact) mass is 313 g/mol. The van der Waals surface area contributed by atoms with Crippen LogP contribution in [0.4, 0.5) is 11.4 Å². The van der Waals surface area contributed by atoms with E-state index in [-0.39, 0.29) is 0 Å². The minimum absolute atomic E-state index is 0.750. The third kappa shape index (κ3) is 4.74. The number of nitrogen functional groups attached to an aromatic ring is 2. The fourth-order valence-electron chi connectivity index (χ4n) is 2.28. The lowest BCUT2D eigenvalue weighted by atomic mass is 9.95. The lowest BCUT2D eigenvalue weighted by molar-refractivity contribution is -0.115. The summed E-state index contributed by atoms with van der Waals surface area (Å²) < 4.78 is 0. The Morgan fingerprint density at radius 2 is 0.957 bits per heavy atom. The van der Waals surface area contributed by atoms with E-state index in [0.717, 1.165) is 40.0 Å². The van der Waals surface area contributed by atoms with E-state index in [1.165, 1.54) is 16.0 Å². The number of anilines is 2. The molecule has 0 bridgehead atoms. The number of nitrogens with two attached hydrogens (primary N) is 2. The number of hydrogen-bond acceptors (Lipinski definition) is 3. The Hall–Kier alpha value is -2.49. The van der Waals surface area contributed by atoms with Crippen molar-refractivity contribution in [2.75, 3.05) is 25.6 Å². The molecule has 23 heavy (non-hydrogen) atoms. The SMILES string of the molecule is CN(C)C=O.Cc1cc(-c2cc(C)c(N)c(C)c2)cc(C)c1N. The second-order valence-electron chi connectivity index (χ2n) is 6.12. The normalized spacial score (nSPS) is 9.83. The van der Waals surface area contributed by atoms with Crippen molar-refractivity contribution < 1.29 is 4.79 Å². The molecule has 0 aliphatic rings. The van der Waals surface area contributed by atoms with E-state index >= 15 is 0 Å². The summed E-state index contributed by atoms with van der Waals surface area (Å²) in [6, 6.07) is 8.53. The molecule has 0 atom stereocenters. The summed E-state index contributed by atoms with van der Waals surface area (Å²) in [6.07, 6.45) is 0.750. The maximum Gasteiger partial charge on any atom is 0.209 e. The topological polar surface area (TPSA) is 72.3 Å². The summed E-state index contributed by atoms with van der Waals surface area (Å²) in [5, 5.41) is 0. The third-order valence-corrected chi connectivity index (χ3v) is 3.73. The first-order valence-corrected chi connectivity index (χ1v) is 7.53. The van der Waals surface area contributed by atoms with Crippen LogP contribution >= 0.6 is 0 Å². The fraction of sp³-hybridized carbons (Fsp3) is 0.316. The van der Waals surface area contributed by atoms with Crippen molar-refractivity contribution in [2.45, 2.75) is 27.7 Å². The molecule has 124 valence electrons. The van der Waals surface area contributed by atoms with Crippen LogP contribution in [0, 0.1) is 27.7 Å². The van der Waals surface area contributed by atoms with Crippen molar-refractivity contribution in [1.82, 2.24) is 4.90 Å². The summed E-state index contributed by atoms with van der Waals surface area (Å²) in [5.41, 5.74) is 20.6. The van der Waals surface area contributed by atoms with Crippen LogP contribution < -0.4 is 11.5 Å². The standard InChI is InChI=1S/C16H20N2.C3H7NO/c1-9-5-13(6-10(2)15(9)17)14-7-11(3)16(18)12(4)8-14;1-4(2)3-5/h5-8H,17-18H2,1-4H3;3H,1-2H3. The van der Waals surface area contributed by atoms with Crippen molar-refractivity contribution in [3.05, 3.63) is 46.5 Å². The highest BCUT2D eigenvalue weighted by Crippen LogP contribution is 2.30. The zero-order chi connectivity index (χ0) is 17.7. The number of rotatable bonds is 2. The van der Waals surface area contributed by atoms with Gasteiger partial charge in [-0.2, -0.15) is 0 Å². The molecule has 0 aliphatic heterocycles. The predicted molar refractivity (Wildman–Crippen MR) is 99.4 cm³/mol. The van der Waals surface area contributed by atoms with E-state index in [2.05, 4.69) is 24.3 Å². The number of aryl methyl sites for hydroxylation is 4. The smallest absolute Gasteiger partial charge is 0.209 e.